The number of carbonyl (C=O) groups excluding carboxylic acids is 1. The van der Waals surface area contributed by atoms with Crippen molar-refractivity contribution >= 4 is 11.8 Å². The second kappa shape index (κ2) is 8.71. The summed E-state index contributed by atoms with van der Waals surface area (Å²) in [6.45, 7) is 4.97. The lowest BCUT2D eigenvalue weighted by Crippen LogP contribution is -2.39. The van der Waals surface area contributed by atoms with Gasteiger partial charge >= 0.3 is 6.03 Å². The molecule has 3 N–H and O–H groups in total. The molecule has 1 aromatic carbocycles. The molecule has 128 valence electrons. The summed E-state index contributed by atoms with van der Waals surface area (Å²) in [6, 6.07) is 5.51. The van der Waals surface area contributed by atoms with E-state index in [0.29, 0.717) is 18.9 Å². The standard InChI is InChI=1S/C17H23N5O2/c1-12-4-5-15(24-3)14(10-12)13(2)22-17(23)21-9-8-20-16-11-18-6-7-19-16/h4-7,10-11,13H,8-9H2,1-3H3,(H,19,20)(H2,21,22,23)/t13-/m0/s1. The van der Waals surface area contributed by atoms with E-state index in [9.17, 15) is 4.79 Å². The summed E-state index contributed by atoms with van der Waals surface area (Å²) in [7, 11) is 1.62. The van der Waals surface area contributed by atoms with Crippen molar-refractivity contribution in [3.63, 3.8) is 0 Å². The van der Waals surface area contributed by atoms with Crippen LogP contribution in [0.25, 0.3) is 0 Å². The summed E-state index contributed by atoms with van der Waals surface area (Å²) in [5.41, 5.74) is 2.07. The van der Waals surface area contributed by atoms with Crippen LogP contribution < -0.4 is 20.7 Å². The molecule has 0 unspecified atom stereocenters. The van der Waals surface area contributed by atoms with Crippen molar-refractivity contribution in [2.24, 2.45) is 0 Å². The molecule has 1 atom stereocenters. The molecule has 2 amide bonds. The maximum Gasteiger partial charge on any atom is 0.315 e. The summed E-state index contributed by atoms with van der Waals surface area (Å²) in [5, 5.41) is 8.79. The number of urea groups is 1. The highest BCUT2D eigenvalue weighted by Crippen LogP contribution is 2.25. The third-order valence-corrected chi connectivity index (χ3v) is 3.48. The van der Waals surface area contributed by atoms with Gasteiger partial charge in [0.1, 0.15) is 11.6 Å². The van der Waals surface area contributed by atoms with E-state index >= 15 is 0 Å². The maximum atomic E-state index is 12.0. The van der Waals surface area contributed by atoms with E-state index in [1.807, 2.05) is 32.0 Å². The van der Waals surface area contributed by atoms with Gasteiger partial charge in [0, 0.05) is 31.0 Å². The number of carbonyl (C=O) groups is 1. The molecule has 0 aliphatic carbocycles. The van der Waals surface area contributed by atoms with Crippen LogP contribution in [0.1, 0.15) is 24.1 Å². The van der Waals surface area contributed by atoms with Gasteiger partial charge in [-0.05, 0) is 19.9 Å². The monoisotopic (exact) mass is 329 g/mol. The van der Waals surface area contributed by atoms with Gasteiger partial charge in [0.25, 0.3) is 0 Å². The van der Waals surface area contributed by atoms with Crippen molar-refractivity contribution in [1.29, 1.82) is 0 Å². The number of hydrogen-bond acceptors (Lipinski definition) is 5. The Kier molecular flexibility index (Phi) is 6.36. The third-order valence-electron chi connectivity index (χ3n) is 3.48. The first kappa shape index (κ1) is 17.5. The zero-order valence-electron chi connectivity index (χ0n) is 14.2. The van der Waals surface area contributed by atoms with Gasteiger partial charge in [0.05, 0.1) is 19.3 Å². The van der Waals surface area contributed by atoms with Crippen molar-refractivity contribution in [1.82, 2.24) is 20.6 Å². The minimum Gasteiger partial charge on any atom is -0.496 e. The van der Waals surface area contributed by atoms with Crippen LogP contribution in [0.4, 0.5) is 10.6 Å². The molecule has 0 spiro atoms. The summed E-state index contributed by atoms with van der Waals surface area (Å²) >= 11 is 0. The summed E-state index contributed by atoms with van der Waals surface area (Å²) < 4.78 is 5.36. The Bertz CT molecular complexity index is 663. The van der Waals surface area contributed by atoms with E-state index in [2.05, 4.69) is 25.9 Å². The molecule has 0 aliphatic heterocycles. The SMILES string of the molecule is COc1ccc(C)cc1[C@H](C)NC(=O)NCCNc1cnccn1. The van der Waals surface area contributed by atoms with Gasteiger partial charge in [-0.25, -0.2) is 9.78 Å². The Labute approximate surface area is 141 Å². The maximum absolute atomic E-state index is 12.0. The number of methoxy groups -OCH3 is 1. The lowest BCUT2D eigenvalue weighted by atomic mass is 10.0. The van der Waals surface area contributed by atoms with Crippen molar-refractivity contribution in [2.75, 3.05) is 25.5 Å². The molecule has 2 rings (SSSR count). The Morgan fingerprint density at radius 1 is 1.29 bits per heavy atom. The molecular weight excluding hydrogens is 306 g/mol. The zero-order chi connectivity index (χ0) is 17.4. The first-order valence-corrected chi connectivity index (χ1v) is 7.79. The second-order valence-electron chi connectivity index (χ2n) is 5.38. The molecule has 1 heterocycles. The number of rotatable bonds is 7. The molecule has 0 saturated carbocycles. The molecule has 24 heavy (non-hydrogen) atoms. The van der Waals surface area contributed by atoms with Gasteiger partial charge in [-0.1, -0.05) is 17.7 Å². The smallest absolute Gasteiger partial charge is 0.315 e. The van der Waals surface area contributed by atoms with E-state index < -0.39 is 0 Å². The lowest BCUT2D eigenvalue weighted by Gasteiger charge is -2.18. The summed E-state index contributed by atoms with van der Waals surface area (Å²) in [6.07, 6.45) is 4.85. The number of amides is 2. The number of aryl methyl sites for hydroxylation is 1. The van der Waals surface area contributed by atoms with E-state index in [0.717, 1.165) is 16.9 Å². The number of aromatic nitrogens is 2. The summed E-state index contributed by atoms with van der Waals surface area (Å²) in [5.74, 6) is 1.44. The van der Waals surface area contributed by atoms with Crippen LogP contribution in [0.5, 0.6) is 5.75 Å². The highest BCUT2D eigenvalue weighted by atomic mass is 16.5. The van der Waals surface area contributed by atoms with Crippen LogP contribution in [0.15, 0.2) is 36.8 Å². The fourth-order valence-electron chi connectivity index (χ4n) is 2.27. The number of nitrogens with zero attached hydrogens (tertiary/aromatic N) is 2. The normalized spacial score (nSPS) is 11.5. The molecule has 0 saturated heterocycles. The Hall–Kier alpha value is -2.83. The van der Waals surface area contributed by atoms with Crippen LogP contribution in [0.2, 0.25) is 0 Å². The fraction of sp³-hybridized carbons (Fsp3) is 0.353. The average molecular weight is 329 g/mol. The Morgan fingerprint density at radius 2 is 2.12 bits per heavy atom. The van der Waals surface area contributed by atoms with Gasteiger partial charge in [-0.15, -0.1) is 0 Å². The highest BCUT2D eigenvalue weighted by molar-refractivity contribution is 5.74. The van der Waals surface area contributed by atoms with E-state index in [4.69, 9.17) is 4.74 Å². The summed E-state index contributed by atoms with van der Waals surface area (Å²) in [4.78, 5) is 20.1. The number of hydrogen-bond donors (Lipinski definition) is 3. The van der Waals surface area contributed by atoms with Crippen LogP contribution in [-0.2, 0) is 0 Å². The molecule has 0 aliphatic rings. The minimum atomic E-state index is -0.230. The van der Waals surface area contributed by atoms with Crippen molar-refractivity contribution < 1.29 is 9.53 Å². The number of anilines is 1. The van der Waals surface area contributed by atoms with Gasteiger partial charge in [-0.3, -0.25) is 4.98 Å². The van der Waals surface area contributed by atoms with Gasteiger partial charge in [0.15, 0.2) is 0 Å². The predicted octanol–water partition coefficient (Wildman–Crippen LogP) is 2.27. The zero-order valence-corrected chi connectivity index (χ0v) is 14.2. The molecule has 2 aromatic rings. The largest absolute Gasteiger partial charge is 0.496 e. The molecule has 1 aromatic heterocycles. The number of benzene rings is 1. The minimum absolute atomic E-state index is 0.159. The second-order valence-corrected chi connectivity index (χ2v) is 5.38. The lowest BCUT2D eigenvalue weighted by molar-refractivity contribution is 0.238. The van der Waals surface area contributed by atoms with Gasteiger partial charge < -0.3 is 20.7 Å². The van der Waals surface area contributed by atoms with Crippen LogP contribution in [0, 0.1) is 6.92 Å². The van der Waals surface area contributed by atoms with Crippen molar-refractivity contribution in [3.8, 4) is 5.75 Å². The van der Waals surface area contributed by atoms with Crippen LogP contribution >= 0.6 is 0 Å². The van der Waals surface area contributed by atoms with Crippen molar-refractivity contribution in [3.05, 3.63) is 47.9 Å². The fourth-order valence-corrected chi connectivity index (χ4v) is 2.27. The Morgan fingerprint density at radius 3 is 2.83 bits per heavy atom. The van der Waals surface area contributed by atoms with E-state index in [1.165, 1.54) is 0 Å². The van der Waals surface area contributed by atoms with Crippen LogP contribution in [0.3, 0.4) is 0 Å². The highest BCUT2D eigenvalue weighted by Gasteiger charge is 2.13. The molecule has 0 radical (unpaired) electrons. The quantitative estimate of drug-likeness (QED) is 0.678. The first-order valence-electron chi connectivity index (χ1n) is 7.79. The first-order chi connectivity index (χ1) is 11.6. The van der Waals surface area contributed by atoms with E-state index in [1.54, 1.807) is 25.7 Å². The van der Waals surface area contributed by atoms with E-state index in [-0.39, 0.29) is 12.1 Å². The third kappa shape index (κ3) is 5.12. The molecular formula is C17H23N5O2. The van der Waals surface area contributed by atoms with Crippen LogP contribution in [-0.4, -0.2) is 36.2 Å². The van der Waals surface area contributed by atoms with Gasteiger partial charge in [-0.2, -0.15) is 0 Å². The Balaban J connectivity index is 1.78. The number of nitrogens with one attached hydrogen (secondary N) is 3. The topological polar surface area (TPSA) is 88.2 Å². The average Bonchev–Trinajstić information content (AvgIpc) is 2.59. The molecule has 7 nitrogen and oxygen atoms in total. The molecule has 7 heteroatoms. The van der Waals surface area contributed by atoms with Crippen molar-refractivity contribution in [2.45, 2.75) is 19.9 Å². The predicted molar refractivity (Wildman–Crippen MR) is 93.2 cm³/mol. The number of ether oxygens (including phenoxy) is 1. The molecule has 0 fully saturated rings. The van der Waals surface area contributed by atoms with Gasteiger partial charge in [0.2, 0.25) is 0 Å². The molecule has 0 bridgehead atoms.